The molecule has 0 unspecified atom stereocenters. The molecular weight excluding hydrogens is 361 g/mol. The molecule has 25 heavy (non-hydrogen) atoms. The van der Waals surface area contributed by atoms with Crippen LogP contribution < -0.4 is 14.8 Å². The van der Waals surface area contributed by atoms with Gasteiger partial charge in [-0.05, 0) is 55.7 Å². The quantitative estimate of drug-likeness (QED) is 0.649. The first-order valence-electron chi connectivity index (χ1n) is 8.14. The number of benzene rings is 2. The van der Waals surface area contributed by atoms with E-state index in [2.05, 4.69) is 5.32 Å². The first-order chi connectivity index (χ1) is 12.1. The van der Waals surface area contributed by atoms with E-state index in [0.29, 0.717) is 28.9 Å². The van der Waals surface area contributed by atoms with Gasteiger partial charge in [-0.3, -0.25) is 4.79 Å². The number of hydrogen-bond donors (Lipinski definition) is 1. The van der Waals surface area contributed by atoms with Crippen molar-refractivity contribution < 1.29 is 14.3 Å². The Morgan fingerprint density at radius 2 is 1.84 bits per heavy atom. The fourth-order valence-corrected chi connectivity index (χ4v) is 2.69. The Bertz CT molecular complexity index is 690. The summed E-state index contributed by atoms with van der Waals surface area (Å²) in [6.45, 7) is 3.13. The Kier molecular flexibility index (Phi) is 7.89. The average molecular weight is 382 g/mol. The van der Waals surface area contributed by atoms with Gasteiger partial charge in [-0.2, -0.15) is 0 Å². The highest BCUT2D eigenvalue weighted by atomic mass is 35.5. The van der Waals surface area contributed by atoms with Crippen LogP contribution in [0.15, 0.2) is 42.5 Å². The molecule has 4 nitrogen and oxygen atoms in total. The molecule has 0 aliphatic rings. The lowest BCUT2D eigenvalue weighted by molar-refractivity contribution is -0.123. The van der Waals surface area contributed by atoms with Crippen molar-refractivity contribution >= 4 is 29.1 Å². The van der Waals surface area contributed by atoms with Crippen molar-refractivity contribution in [2.45, 2.75) is 19.8 Å². The smallest absolute Gasteiger partial charge is 0.257 e. The molecule has 0 saturated carbocycles. The molecule has 1 amide bonds. The zero-order valence-electron chi connectivity index (χ0n) is 14.1. The van der Waals surface area contributed by atoms with Crippen molar-refractivity contribution in [2.75, 3.05) is 19.8 Å². The predicted octanol–water partition coefficient (Wildman–Crippen LogP) is 4.52. The molecule has 2 aromatic rings. The lowest BCUT2D eigenvalue weighted by Crippen LogP contribution is -2.29. The van der Waals surface area contributed by atoms with Gasteiger partial charge >= 0.3 is 0 Å². The van der Waals surface area contributed by atoms with Crippen LogP contribution in [0.25, 0.3) is 0 Å². The zero-order valence-corrected chi connectivity index (χ0v) is 15.6. The van der Waals surface area contributed by atoms with Crippen molar-refractivity contribution in [3.8, 4) is 11.5 Å². The van der Waals surface area contributed by atoms with Crippen molar-refractivity contribution in [3.05, 3.63) is 58.1 Å². The van der Waals surface area contributed by atoms with Crippen LogP contribution in [0, 0.1) is 0 Å². The standard InChI is InChI=1S/C19H21Cl2NO3/c1-2-24-16-8-5-14(6-9-16)4-3-11-22-19(23)13-25-18-10-7-15(20)12-17(18)21/h5-10,12H,2-4,11,13H2,1H3,(H,22,23). The molecule has 0 heterocycles. The predicted molar refractivity (Wildman–Crippen MR) is 101 cm³/mol. The molecule has 2 aromatic carbocycles. The summed E-state index contributed by atoms with van der Waals surface area (Å²) >= 11 is 11.8. The van der Waals surface area contributed by atoms with Gasteiger partial charge in [0, 0.05) is 11.6 Å². The van der Waals surface area contributed by atoms with Crippen molar-refractivity contribution in [1.82, 2.24) is 5.32 Å². The van der Waals surface area contributed by atoms with E-state index in [-0.39, 0.29) is 12.5 Å². The molecular formula is C19H21Cl2NO3. The summed E-state index contributed by atoms with van der Waals surface area (Å²) in [6.07, 6.45) is 1.73. The van der Waals surface area contributed by atoms with Gasteiger partial charge < -0.3 is 14.8 Å². The van der Waals surface area contributed by atoms with E-state index in [0.717, 1.165) is 18.6 Å². The van der Waals surface area contributed by atoms with Crippen LogP contribution in [0.1, 0.15) is 18.9 Å². The van der Waals surface area contributed by atoms with Crippen LogP contribution in [0.4, 0.5) is 0 Å². The summed E-state index contributed by atoms with van der Waals surface area (Å²) in [5.41, 5.74) is 1.21. The van der Waals surface area contributed by atoms with Gasteiger partial charge in [0.2, 0.25) is 0 Å². The highest BCUT2D eigenvalue weighted by Gasteiger charge is 2.06. The van der Waals surface area contributed by atoms with Gasteiger partial charge in [0.15, 0.2) is 6.61 Å². The summed E-state index contributed by atoms with van der Waals surface area (Å²) in [5.74, 6) is 1.13. The topological polar surface area (TPSA) is 47.6 Å². The summed E-state index contributed by atoms with van der Waals surface area (Å²) in [4.78, 5) is 11.8. The first-order valence-corrected chi connectivity index (χ1v) is 8.90. The lowest BCUT2D eigenvalue weighted by atomic mass is 10.1. The van der Waals surface area contributed by atoms with Gasteiger partial charge in [0.05, 0.1) is 11.6 Å². The second-order valence-electron chi connectivity index (χ2n) is 5.39. The second-order valence-corrected chi connectivity index (χ2v) is 6.24. The average Bonchev–Trinajstić information content (AvgIpc) is 2.59. The molecule has 0 radical (unpaired) electrons. The molecule has 2 rings (SSSR count). The van der Waals surface area contributed by atoms with E-state index in [1.807, 2.05) is 31.2 Å². The van der Waals surface area contributed by atoms with Gasteiger partial charge in [-0.25, -0.2) is 0 Å². The summed E-state index contributed by atoms with van der Waals surface area (Å²) in [7, 11) is 0. The summed E-state index contributed by atoms with van der Waals surface area (Å²) in [6, 6.07) is 12.9. The minimum absolute atomic E-state index is 0.0790. The third kappa shape index (κ3) is 6.85. The lowest BCUT2D eigenvalue weighted by Gasteiger charge is -2.09. The maximum atomic E-state index is 11.8. The monoisotopic (exact) mass is 381 g/mol. The Morgan fingerprint density at radius 3 is 2.52 bits per heavy atom. The highest BCUT2D eigenvalue weighted by molar-refractivity contribution is 6.35. The maximum absolute atomic E-state index is 11.8. The first kappa shape index (κ1) is 19.4. The van der Waals surface area contributed by atoms with Crippen molar-refractivity contribution in [1.29, 1.82) is 0 Å². The third-order valence-corrected chi connectivity index (χ3v) is 3.98. The Hall–Kier alpha value is -1.91. The molecule has 134 valence electrons. The number of halogens is 2. The largest absolute Gasteiger partial charge is 0.494 e. The molecule has 0 aromatic heterocycles. The number of amides is 1. The van der Waals surface area contributed by atoms with Crippen LogP contribution in [0.3, 0.4) is 0 Å². The van der Waals surface area contributed by atoms with E-state index >= 15 is 0 Å². The van der Waals surface area contributed by atoms with Gasteiger partial charge in [0.1, 0.15) is 11.5 Å². The van der Waals surface area contributed by atoms with E-state index in [1.165, 1.54) is 5.56 Å². The van der Waals surface area contributed by atoms with Crippen LogP contribution >= 0.6 is 23.2 Å². The number of carbonyl (C=O) groups excluding carboxylic acids is 1. The van der Waals surface area contributed by atoms with Crippen LogP contribution in [-0.4, -0.2) is 25.7 Å². The molecule has 1 N–H and O–H groups in total. The summed E-state index contributed by atoms with van der Waals surface area (Å²) in [5, 5.41) is 3.74. The van der Waals surface area contributed by atoms with Gasteiger partial charge in [-0.1, -0.05) is 35.3 Å². The van der Waals surface area contributed by atoms with Gasteiger partial charge in [0.25, 0.3) is 5.91 Å². The highest BCUT2D eigenvalue weighted by Crippen LogP contribution is 2.27. The molecule has 0 aliphatic carbocycles. The van der Waals surface area contributed by atoms with E-state index in [1.54, 1.807) is 18.2 Å². The van der Waals surface area contributed by atoms with Crippen molar-refractivity contribution in [3.63, 3.8) is 0 Å². The molecule has 0 spiro atoms. The molecule has 0 bridgehead atoms. The second kappa shape index (κ2) is 10.2. The third-order valence-electron chi connectivity index (χ3n) is 3.45. The van der Waals surface area contributed by atoms with E-state index in [4.69, 9.17) is 32.7 Å². The van der Waals surface area contributed by atoms with Crippen molar-refractivity contribution in [2.24, 2.45) is 0 Å². The zero-order chi connectivity index (χ0) is 18.1. The minimum Gasteiger partial charge on any atom is -0.494 e. The Labute approximate surface area is 158 Å². The number of nitrogens with one attached hydrogen (secondary N) is 1. The Morgan fingerprint density at radius 1 is 1.08 bits per heavy atom. The molecule has 0 saturated heterocycles. The van der Waals surface area contributed by atoms with E-state index < -0.39 is 0 Å². The van der Waals surface area contributed by atoms with E-state index in [9.17, 15) is 4.79 Å². The maximum Gasteiger partial charge on any atom is 0.257 e. The fourth-order valence-electron chi connectivity index (χ4n) is 2.23. The number of carbonyl (C=O) groups is 1. The molecule has 0 aliphatic heterocycles. The number of ether oxygens (including phenoxy) is 2. The minimum atomic E-state index is -0.183. The van der Waals surface area contributed by atoms with Crippen LogP contribution in [0.2, 0.25) is 10.0 Å². The summed E-state index contributed by atoms with van der Waals surface area (Å²) < 4.78 is 10.8. The van der Waals surface area contributed by atoms with Crippen LogP contribution in [-0.2, 0) is 11.2 Å². The van der Waals surface area contributed by atoms with Crippen LogP contribution in [0.5, 0.6) is 11.5 Å². The molecule has 6 heteroatoms. The molecule has 0 fully saturated rings. The molecule has 0 atom stereocenters. The SMILES string of the molecule is CCOc1ccc(CCCNC(=O)COc2ccc(Cl)cc2Cl)cc1. The number of aryl methyl sites for hydroxylation is 1. The Balaban J connectivity index is 1.65. The number of hydrogen-bond acceptors (Lipinski definition) is 3. The number of rotatable bonds is 9. The normalized spacial score (nSPS) is 10.4. The van der Waals surface area contributed by atoms with Gasteiger partial charge in [-0.15, -0.1) is 0 Å². The fraction of sp³-hybridized carbons (Fsp3) is 0.316.